The summed E-state index contributed by atoms with van der Waals surface area (Å²) in [6.45, 7) is 0. The van der Waals surface area contributed by atoms with Crippen molar-refractivity contribution in [3.8, 4) is 0 Å². The molecule has 114 valence electrons. The minimum absolute atomic E-state index is 0.230. The van der Waals surface area contributed by atoms with Crippen molar-refractivity contribution in [3.05, 3.63) is 66.7 Å². The van der Waals surface area contributed by atoms with Crippen LogP contribution >= 0.6 is 11.5 Å². The van der Waals surface area contributed by atoms with E-state index >= 15 is 0 Å². The van der Waals surface area contributed by atoms with Gasteiger partial charge in [0.1, 0.15) is 0 Å². The fraction of sp³-hybridized carbons (Fsp3) is 0. The molecule has 0 radical (unpaired) electrons. The van der Waals surface area contributed by atoms with E-state index in [2.05, 4.69) is 9.10 Å². The van der Waals surface area contributed by atoms with Gasteiger partial charge in [-0.1, -0.05) is 42.5 Å². The normalized spacial score (nSPS) is 11.8. The molecule has 0 spiro atoms. The molecule has 0 amide bonds. The number of rotatable bonds is 3. The highest BCUT2D eigenvalue weighted by atomic mass is 32.2. The van der Waals surface area contributed by atoms with Gasteiger partial charge < -0.3 is 0 Å². The molecule has 0 unspecified atom stereocenters. The van der Waals surface area contributed by atoms with Crippen LogP contribution in [0.15, 0.2) is 71.6 Å². The summed E-state index contributed by atoms with van der Waals surface area (Å²) in [5.74, 6) is 0.374. The molecule has 0 saturated carbocycles. The van der Waals surface area contributed by atoms with E-state index < -0.39 is 10.0 Å². The number of sulfonamides is 1. The Labute approximate surface area is 137 Å². The van der Waals surface area contributed by atoms with Crippen LogP contribution in [-0.2, 0) is 10.0 Å². The molecule has 23 heavy (non-hydrogen) atoms. The average Bonchev–Trinajstić information content (AvgIpc) is 2.97. The summed E-state index contributed by atoms with van der Waals surface area (Å²) in [6.07, 6.45) is 0. The number of anilines is 1. The summed E-state index contributed by atoms with van der Waals surface area (Å²) >= 11 is 1.28. The van der Waals surface area contributed by atoms with Crippen LogP contribution in [0.25, 0.3) is 20.9 Å². The van der Waals surface area contributed by atoms with Gasteiger partial charge in [0.15, 0.2) is 5.82 Å². The molecule has 1 heterocycles. The van der Waals surface area contributed by atoms with Crippen molar-refractivity contribution < 1.29 is 8.42 Å². The maximum absolute atomic E-state index is 12.6. The van der Waals surface area contributed by atoms with Gasteiger partial charge in [0, 0.05) is 5.39 Å². The van der Waals surface area contributed by atoms with E-state index in [4.69, 9.17) is 0 Å². The van der Waals surface area contributed by atoms with Crippen LogP contribution in [0.3, 0.4) is 0 Å². The Hall–Kier alpha value is -2.44. The zero-order valence-electron chi connectivity index (χ0n) is 11.9. The Morgan fingerprint density at radius 3 is 2.48 bits per heavy atom. The average molecular weight is 340 g/mol. The summed E-state index contributed by atoms with van der Waals surface area (Å²) in [5.41, 5.74) is 0. The highest BCUT2D eigenvalue weighted by Gasteiger charge is 2.17. The van der Waals surface area contributed by atoms with Crippen LogP contribution in [0.2, 0.25) is 0 Å². The van der Waals surface area contributed by atoms with Gasteiger partial charge in [-0.15, -0.1) is 0 Å². The third kappa shape index (κ3) is 2.56. The number of nitrogens with one attached hydrogen (secondary N) is 1. The van der Waals surface area contributed by atoms with Gasteiger partial charge >= 0.3 is 0 Å². The fourth-order valence-corrected chi connectivity index (χ4v) is 4.33. The Morgan fingerprint density at radius 1 is 0.870 bits per heavy atom. The van der Waals surface area contributed by atoms with E-state index in [-0.39, 0.29) is 4.90 Å². The Bertz CT molecular complexity index is 1120. The second-order valence-corrected chi connectivity index (χ2v) is 7.63. The van der Waals surface area contributed by atoms with E-state index in [0.29, 0.717) is 5.82 Å². The van der Waals surface area contributed by atoms with Gasteiger partial charge in [0.2, 0.25) is 0 Å². The number of fused-ring (bicyclic) bond motifs is 2. The first kappa shape index (κ1) is 14.2. The molecular formula is C17H12N2O2S2. The molecule has 6 heteroatoms. The number of hydrogen-bond acceptors (Lipinski definition) is 4. The predicted octanol–water partition coefficient (Wildman–Crippen LogP) is 4.25. The van der Waals surface area contributed by atoms with Crippen LogP contribution in [-0.4, -0.2) is 12.8 Å². The van der Waals surface area contributed by atoms with Crippen molar-refractivity contribution in [2.75, 3.05) is 4.72 Å². The van der Waals surface area contributed by atoms with Crippen molar-refractivity contribution >= 4 is 48.2 Å². The number of aromatic nitrogens is 1. The molecule has 0 aliphatic carbocycles. The van der Waals surface area contributed by atoms with Gasteiger partial charge in [0.25, 0.3) is 10.0 Å². The predicted molar refractivity (Wildman–Crippen MR) is 94.4 cm³/mol. The number of nitrogens with zero attached hydrogens (tertiary/aromatic N) is 1. The second kappa shape index (κ2) is 5.33. The molecule has 0 fully saturated rings. The molecule has 4 rings (SSSR count). The first-order chi connectivity index (χ1) is 11.1. The monoisotopic (exact) mass is 340 g/mol. The Balaban J connectivity index is 1.77. The van der Waals surface area contributed by atoms with Gasteiger partial charge in [-0.25, -0.2) is 8.42 Å². The third-order valence-electron chi connectivity index (χ3n) is 3.64. The first-order valence-corrected chi connectivity index (χ1v) is 9.25. The summed E-state index contributed by atoms with van der Waals surface area (Å²) in [5, 5.41) is 2.70. The molecule has 4 aromatic rings. The quantitative estimate of drug-likeness (QED) is 0.606. The third-order valence-corrected chi connectivity index (χ3v) is 5.80. The van der Waals surface area contributed by atoms with Crippen LogP contribution in [0.1, 0.15) is 0 Å². The van der Waals surface area contributed by atoms with E-state index in [1.165, 1.54) is 11.5 Å². The lowest BCUT2D eigenvalue weighted by Crippen LogP contribution is -2.13. The lowest BCUT2D eigenvalue weighted by molar-refractivity contribution is 0.601. The van der Waals surface area contributed by atoms with Crippen LogP contribution in [0.4, 0.5) is 5.82 Å². The zero-order valence-corrected chi connectivity index (χ0v) is 13.6. The smallest absolute Gasteiger partial charge is 0.262 e. The first-order valence-electron chi connectivity index (χ1n) is 6.99. The molecule has 0 bridgehead atoms. The standard InChI is InChI=1S/C17H12N2O2S2/c20-23(21,14-10-9-12-5-1-2-6-13(12)11-14)19-17-15-7-3-4-8-16(15)22-18-17/h1-11H,(H,18,19). The topological polar surface area (TPSA) is 59.1 Å². The van der Waals surface area contributed by atoms with Crippen molar-refractivity contribution in [1.82, 2.24) is 4.37 Å². The van der Waals surface area contributed by atoms with Gasteiger partial charge in [-0.3, -0.25) is 4.72 Å². The maximum atomic E-state index is 12.6. The largest absolute Gasteiger partial charge is 0.263 e. The van der Waals surface area contributed by atoms with E-state index in [9.17, 15) is 8.42 Å². The van der Waals surface area contributed by atoms with Gasteiger partial charge in [-0.2, -0.15) is 4.37 Å². The molecule has 0 saturated heterocycles. The maximum Gasteiger partial charge on any atom is 0.263 e. The van der Waals surface area contributed by atoms with Gasteiger partial charge in [0.05, 0.1) is 9.60 Å². The lowest BCUT2D eigenvalue weighted by Gasteiger charge is -2.07. The molecule has 0 aliphatic rings. The summed E-state index contributed by atoms with van der Waals surface area (Å²) in [7, 11) is -3.67. The summed E-state index contributed by atoms with van der Waals surface area (Å²) in [6, 6.07) is 20.3. The molecule has 0 aliphatic heterocycles. The van der Waals surface area contributed by atoms with Crippen LogP contribution < -0.4 is 4.72 Å². The zero-order chi connectivity index (χ0) is 15.9. The lowest BCUT2D eigenvalue weighted by atomic mass is 10.1. The molecular weight excluding hydrogens is 328 g/mol. The molecule has 3 aromatic carbocycles. The SMILES string of the molecule is O=S(=O)(Nc1nsc2ccccc12)c1ccc2ccccc2c1. The highest BCUT2D eigenvalue weighted by Crippen LogP contribution is 2.28. The molecule has 1 N–H and O–H groups in total. The van der Waals surface area contributed by atoms with Gasteiger partial charge in [-0.05, 0) is 46.6 Å². The molecule has 4 nitrogen and oxygen atoms in total. The van der Waals surface area contributed by atoms with Crippen molar-refractivity contribution in [3.63, 3.8) is 0 Å². The van der Waals surface area contributed by atoms with Crippen LogP contribution in [0.5, 0.6) is 0 Å². The molecule has 0 atom stereocenters. The summed E-state index contributed by atoms with van der Waals surface area (Å²) < 4.78 is 33.0. The highest BCUT2D eigenvalue weighted by molar-refractivity contribution is 7.92. The van der Waals surface area contributed by atoms with E-state index in [0.717, 1.165) is 20.9 Å². The minimum Gasteiger partial charge on any atom is -0.262 e. The van der Waals surface area contributed by atoms with Crippen molar-refractivity contribution in [2.24, 2.45) is 0 Å². The Kier molecular flexibility index (Phi) is 3.28. The Morgan fingerprint density at radius 2 is 1.61 bits per heavy atom. The van der Waals surface area contributed by atoms with Crippen LogP contribution in [0, 0.1) is 0 Å². The van der Waals surface area contributed by atoms with Crippen molar-refractivity contribution in [2.45, 2.75) is 4.90 Å². The number of benzene rings is 3. The fourth-order valence-electron chi connectivity index (χ4n) is 2.48. The van der Waals surface area contributed by atoms with E-state index in [1.54, 1.807) is 12.1 Å². The minimum atomic E-state index is -3.67. The summed E-state index contributed by atoms with van der Waals surface area (Å²) in [4.78, 5) is 0.230. The molecule has 1 aromatic heterocycles. The second-order valence-electron chi connectivity index (χ2n) is 5.14. The number of hydrogen-bond donors (Lipinski definition) is 1. The van der Waals surface area contributed by atoms with E-state index in [1.807, 2.05) is 54.6 Å². The van der Waals surface area contributed by atoms with Crippen molar-refractivity contribution in [1.29, 1.82) is 0 Å².